The minimum absolute atomic E-state index is 0.334. The van der Waals surface area contributed by atoms with Gasteiger partial charge in [0.25, 0.3) is 0 Å². The zero-order valence-corrected chi connectivity index (χ0v) is 15.3. The van der Waals surface area contributed by atoms with Crippen LogP contribution in [0.2, 0.25) is 0 Å². The van der Waals surface area contributed by atoms with E-state index in [1.54, 1.807) is 0 Å². The summed E-state index contributed by atoms with van der Waals surface area (Å²) in [6.45, 7) is 5.70. The Balaban J connectivity index is 1.85. The molecule has 0 bridgehead atoms. The second-order valence-corrected chi connectivity index (χ2v) is 6.86. The molecule has 0 saturated carbocycles. The van der Waals surface area contributed by atoms with Crippen LogP contribution < -0.4 is 4.90 Å². The van der Waals surface area contributed by atoms with Gasteiger partial charge < -0.3 is 4.90 Å². The summed E-state index contributed by atoms with van der Waals surface area (Å²) in [6, 6.07) is 6.76. The van der Waals surface area contributed by atoms with Crippen LogP contribution in [0.3, 0.4) is 0 Å². The highest BCUT2D eigenvalue weighted by Crippen LogP contribution is 2.36. The molecule has 3 rings (SSSR count). The van der Waals surface area contributed by atoms with Gasteiger partial charge in [0.05, 0.1) is 5.69 Å². The number of hydrogen-bond acceptors (Lipinski definition) is 6. The highest BCUT2D eigenvalue weighted by molar-refractivity contribution is 5.57. The number of nitrogens with zero attached hydrogens (tertiary/aromatic N) is 6. The predicted octanol–water partition coefficient (Wildman–Crippen LogP) is 2.49. The van der Waals surface area contributed by atoms with Crippen molar-refractivity contribution in [2.75, 3.05) is 32.1 Å². The van der Waals surface area contributed by atoms with Gasteiger partial charge in [-0.25, -0.2) is 0 Å². The molecule has 0 aromatic carbocycles. The number of aromatic nitrogens is 3. The Morgan fingerprint density at radius 2 is 2.16 bits per heavy atom. The number of anilines is 1. The third kappa shape index (κ3) is 3.33. The molecule has 2 atom stereocenters. The van der Waals surface area contributed by atoms with E-state index in [1.165, 1.54) is 5.56 Å². The molecule has 0 N–H and O–H groups in total. The zero-order valence-electron chi connectivity index (χ0n) is 15.3. The van der Waals surface area contributed by atoms with E-state index in [9.17, 15) is 5.26 Å². The van der Waals surface area contributed by atoms with Gasteiger partial charge in [0.15, 0.2) is 5.82 Å². The number of rotatable bonds is 4. The van der Waals surface area contributed by atoms with Crippen molar-refractivity contribution >= 4 is 5.82 Å². The summed E-state index contributed by atoms with van der Waals surface area (Å²) < 4.78 is 0. The van der Waals surface area contributed by atoms with E-state index in [-0.39, 0.29) is 0 Å². The maximum Gasteiger partial charge on any atom is 0.169 e. The van der Waals surface area contributed by atoms with Crippen LogP contribution in [0.4, 0.5) is 5.82 Å². The van der Waals surface area contributed by atoms with Gasteiger partial charge >= 0.3 is 0 Å². The Morgan fingerprint density at radius 3 is 2.84 bits per heavy atom. The second-order valence-electron chi connectivity index (χ2n) is 6.86. The first kappa shape index (κ1) is 17.3. The minimum Gasteiger partial charge on any atom is -0.357 e. The normalized spacial score (nSPS) is 20.4. The van der Waals surface area contributed by atoms with E-state index in [0.29, 0.717) is 23.3 Å². The Kier molecular flexibility index (Phi) is 4.95. The Morgan fingerprint density at radius 1 is 1.36 bits per heavy atom. The van der Waals surface area contributed by atoms with E-state index in [0.717, 1.165) is 30.8 Å². The van der Waals surface area contributed by atoms with E-state index >= 15 is 0 Å². The number of pyridine rings is 1. The lowest BCUT2D eigenvalue weighted by Gasteiger charge is -2.29. The van der Waals surface area contributed by atoms with Crippen LogP contribution in [-0.2, 0) is 0 Å². The lowest BCUT2D eigenvalue weighted by Crippen LogP contribution is -2.31. The average molecular weight is 336 g/mol. The summed E-state index contributed by atoms with van der Waals surface area (Å²) in [6.07, 6.45) is 4.88. The monoisotopic (exact) mass is 336 g/mol. The lowest BCUT2D eigenvalue weighted by atomic mass is 9.94. The van der Waals surface area contributed by atoms with Crippen LogP contribution in [0, 0.1) is 31.1 Å². The number of nitriles is 1. The van der Waals surface area contributed by atoms with Crippen LogP contribution in [0.15, 0.2) is 24.5 Å². The molecular formula is C19H24N6. The number of likely N-dealkylation sites (tertiary alicyclic amines) is 1. The maximum absolute atomic E-state index is 9.54. The quantitative estimate of drug-likeness (QED) is 0.854. The summed E-state index contributed by atoms with van der Waals surface area (Å²) >= 11 is 0. The van der Waals surface area contributed by atoms with Crippen molar-refractivity contribution in [2.45, 2.75) is 26.3 Å². The van der Waals surface area contributed by atoms with Gasteiger partial charge in [-0.1, -0.05) is 6.07 Å². The van der Waals surface area contributed by atoms with Gasteiger partial charge in [-0.15, -0.1) is 5.10 Å². The lowest BCUT2D eigenvalue weighted by molar-refractivity contribution is 0.277. The first-order chi connectivity index (χ1) is 12.0. The molecule has 3 heterocycles. The number of hydrogen-bond donors (Lipinski definition) is 0. The SMILES string of the molecule is Cc1nnc(N(C)C[C@@H]2CCN(C)[C@H]2c2cccnc2)c(C#N)c1C. The fraction of sp³-hybridized carbons (Fsp3) is 0.474. The summed E-state index contributed by atoms with van der Waals surface area (Å²) in [5.41, 5.74) is 3.58. The molecule has 6 nitrogen and oxygen atoms in total. The van der Waals surface area contributed by atoms with Gasteiger partial charge in [-0.05, 0) is 57.0 Å². The largest absolute Gasteiger partial charge is 0.357 e. The van der Waals surface area contributed by atoms with Crippen LogP contribution in [-0.4, -0.2) is 47.3 Å². The van der Waals surface area contributed by atoms with Gasteiger partial charge in [0.2, 0.25) is 0 Å². The third-order valence-electron chi connectivity index (χ3n) is 5.22. The Hall–Kier alpha value is -2.52. The standard InChI is InChI=1S/C19H24N6/c1-13-14(2)22-23-19(17(13)10-20)25(4)12-16-7-9-24(3)18(16)15-6-5-8-21-11-15/h5-6,8,11,16,18H,7,9,12H2,1-4H3/t16-,18-/m0/s1. The predicted molar refractivity (Wildman–Crippen MR) is 97.2 cm³/mol. The van der Waals surface area contributed by atoms with Crippen molar-refractivity contribution in [1.82, 2.24) is 20.1 Å². The van der Waals surface area contributed by atoms with Crippen molar-refractivity contribution in [3.8, 4) is 6.07 Å². The molecule has 130 valence electrons. The smallest absolute Gasteiger partial charge is 0.169 e. The topological polar surface area (TPSA) is 68.9 Å². The van der Waals surface area contributed by atoms with Crippen molar-refractivity contribution < 1.29 is 0 Å². The molecule has 2 aromatic heterocycles. The fourth-order valence-corrected chi connectivity index (χ4v) is 3.73. The molecule has 2 aromatic rings. The van der Waals surface area contributed by atoms with Crippen LogP contribution in [0.25, 0.3) is 0 Å². The Labute approximate surface area is 149 Å². The van der Waals surface area contributed by atoms with Gasteiger partial charge in [-0.2, -0.15) is 10.4 Å². The Bertz CT molecular complexity index is 782. The molecule has 1 saturated heterocycles. The highest BCUT2D eigenvalue weighted by atomic mass is 15.3. The molecule has 1 aliphatic heterocycles. The molecule has 0 spiro atoms. The van der Waals surface area contributed by atoms with Crippen molar-refractivity contribution in [3.63, 3.8) is 0 Å². The number of aryl methyl sites for hydroxylation is 1. The van der Waals surface area contributed by atoms with Gasteiger partial charge in [0.1, 0.15) is 11.6 Å². The highest BCUT2D eigenvalue weighted by Gasteiger charge is 2.34. The molecule has 1 aliphatic rings. The summed E-state index contributed by atoms with van der Waals surface area (Å²) in [5, 5.41) is 18.1. The third-order valence-corrected chi connectivity index (χ3v) is 5.22. The van der Waals surface area contributed by atoms with Gasteiger partial charge in [-0.3, -0.25) is 9.88 Å². The first-order valence-electron chi connectivity index (χ1n) is 8.58. The first-order valence-corrected chi connectivity index (χ1v) is 8.58. The molecule has 0 unspecified atom stereocenters. The van der Waals surface area contributed by atoms with E-state index in [2.05, 4.69) is 44.2 Å². The van der Waals surface area contributed by atoms with E-state index in [1.807, 2.05) is 39.4 Å². The summed E-state index contributed by atoms with van der Waals surface area (Å²) in [5.74, 6) is 1.12. The summed E-state index contributed by atoms with van der Waals surface area (Å²) in [7, 11) is 4.16. The van der Waals surface area contributed by atoms with Crippen LogP contribution >= 0.6 is 0 Å². The summed E-state index contributed by atoms with van der Waals surface area (Å²) in [4.78, 5) is 8.73. The molecule has 0 aliphatic carbocycles. The molecule has 25 heavy (non-hydrogen) atoms. The fourth-order valence-electron chi connectivity index (χ4n) is 3.73. The molecule has 6 heteroatoms. The van der Waals surface area contributed by atoms with Crippen LogP contribution in [0.5, 0.6) is 0 Å². The molecule has 1 fully saturated rings. The van der Waals surface area contributed by atoms with E-state index < -0.39 is 0 Å². The van der Waals surface area contributed by atoms with Crippen molar-refractivity contribution in [3.05, 3.63) is 46.9 Å². The second kappa shape index (κ2) is 7.16. The van der Waals surface area contributed by atoms with Crippen molar-refractivity contribution in [2.24, 2.45) is 5.92 Å². The molecule has 0 amide bonds. The molecule has 0 radical (unpaired) electrons. The van der Waals surface area contributed by atoms with Gasteiger partial charge in [0, 0.05) is 32.0 Å². The minimum atomic E-state index is 0.334. The maximum atomic E-state index is 9.54. The average Bonchev–Trinajstić information content (AvgIpc) is 2.98. The van der Waals surface area contributed by atoms with Crippen LogP contribution in [0.1, 0.15) is 34.8 Å². The molecular weight excluding hydrogens is 312 g/mol. The van der Waals surface area contributed by atoms with E-state index in [4.69, 9.17) is 0 Å². The van der Waals surface area contributed by atoms with Crippen molar-refractivity contribution in [1.29, 1.82) is 5.26 Å². The zero-order chi connectivity index (χ0) is 18.0.